The van der Waals surface area contributed by atoms with Gasteiger partial charge in [0.15, 0.2) is 0 Å². The monoisotopic (exact) mass is 232 g/mol. The van der Waals surface area contributed by atoms with Gasteiger partial charge in [-0.25, -0.2) is 9.78 Å². The normalized spacial score (nSPS) is 11.6. The van der Waals surface area contributed by atoms with E-state index < -0.39 is 5.97 Å². The summed E-state index contributed by atoms with van der Waals surface area (Å²) in [5.41, 5.74) is 1.68. The number of hydrogen-bond acceptors (Lipinski definition) is 3. The summed E-state index contributed by atoms with van der Waals surface area (Å²) in [5.74, 6) is 1.93. The van der Waals surface area contributed by atoms with Gasteiger partial charge in [0.2, 0.25) is 0 Å². The van der Waals surface area contributed by atoms with Crippen LogP contribution in [0.4, 0.5) is 5.82 Å². The number of nitrogens with zero attached hydrogens (tertiary/aromatic N) is 1. The molecule has 1 unspecified atom stereocenters. The van der Waals surface area contributed by atoms with E-state index in [0.717, 1.165) is 5.69 Å². The number of rotatable bonds is 4. The van der Waals surface area contributed by atoms with Crippen molar-refractivity contribution >= 4 is 11.8 Å². The average molecular weight is 232 g/mol. The molecule has 0 saturated carbocycles. The SMILES string of the molecule is C#CCC(C)Nc1nc(C)cc(C)c1C(=O)O. The van der Waals surface area contributed by atoms with Crippen LogP contribution in [-0.4, -0.2) is 22.1 Å². The van der Waals surface area contributed by atoms with Crippen LogP contribution in [0.2, 0.25) is 0 Å². The summed E-state index contributed by atoms with van der Waals surface area (Å²) in [6.07, 6.45) is 5.74. The Morgan fingerprint density at radius 1 is 1.65 bits per heavy atom. The number of pyridine rings is 1. The molecule has 4 nitrogen and oxygen atoms in total. The number of carboxylic acid groups (broad SMARTS) is 1. The smallest absolute Gasteiger partial charge is 0.339 e. The number of aromatic nitrogens is 1. The second-order valence-electron chi connectivity index (χ2n) is 4.06. The first-order chi connectivity index (χ1) is 7.95. The fraction of sp³-hybridized carbons (Fsp3) is 0.385. The fourth-order valence-electron chi connectivity index (χ4n) is 1.67. The van der Waals surface area contributed by atoms with E-state index in [1.165, 1.54) is 0 Å². The van der Waals surface area contributed by atoms with Gasteiger partial charge in [0.05, 0.1) is 0 Å². The number of carbonyl (C=O) groups is 1. The zero-order valence-corrected chi connectivity index (χ0v) is 10.2. The van der Waals surface area contributed by atoms with Crippen molar-refractivity contribution in [3.05, 3.63) is 22.9 Å². The largest absolute Gasteiger partial charge is 0.478 e. The van der Waals surface area contributed by atoms with Crippen molar-refractivity contribution < 1.29 is 9.90 Å². The van der Waals surface area contributed by atoms with Crippen molar-refractivity contribution in [3.63, 3.8) is 0 Å². The molecule has 0 fully saturated rings. The van der Waals surface area contributed by atoms with E-state index in [-0.39, 0.29) is 11.6 Å². The van der Waals surface area contributed by atoms with E-state index in [0.29, 0.717) is 17.8 Å². The van der Waals surface area contributed by atoms with Gasteiger partial charge in [-0.2, -0.15) is 0 Å². The van der Waals surface area contributed by atoms with Crippen molar-refractivity contribution in [2.45, 2.75) is 33.2 Å². The van der Waals surface area contributed by atoms with E-state index >= 15 is 0 Å². The topological polar surface area (TPSA) is 62.2 Å². The van der Waals surface area contributed by atoms with Gasteiger partial charge in [0.25, 0.3) is 0 Å². The fourth-order valence-corrected chi connectivity index (χ4v) is 1.67. The molecule has 0 aliphatic heterocycles. The number of hydrogen-bond donors (Lipinski definition) is 2. The third kappa shape index (κ3) is 3.22. The summed E-state index contributed by atoms with van der Waals surface area (Å²) in [6, 6.07) is 1.74. The lowest BCUT2D eigenvalue weighted by Gasteiger charge is -2.15. The van der Waals surface area contributed by atoms with Crippen LogP contribution in [0.15, 0.2) is 6.07 Å². The lowest BCUT2D eigenvalue weighted by molar-refractivity contribution is 0.0697. The molecule has 0 aliphatic carbocycles. The molecule has 1 heterocycles. The number of anilines is 1. The summed E-state index contributed by atoms with van der Waals surface area (Å²) in [7, 11) is 0. The Hall–Kier alpha value is -2.02. The van der Waals surface area contributed by atoms with Crippen molar-refractivity contribution in [2.75, 3.05) is 5.32 Å². The second kappa shape index (κ2) is 5.35. The van der Waals surface area contributed by atoms with Crippen molar-refractivity contribution in [3.8, 4) is 12.3 Å². The maximum Gasteiger partial charge on any atom is 0.339 e. The molecule has 0 aliphatic rings. The maximum atomic E-state index is 11.2. The minimum atomic E-state index is -0.981. The van der Waals surface area contributed by atoms with Gasteiger partial charge in [-0.1, -0.05) is 0 Å². The average Bonchev–Trinajstić information content (AvgIpc) is 2.15. The van der Waals surface area contributed by atoms with E-state index in [4.69, 9.17) is 11.5 Å². The predicted octanol–water partition coefficient (Wildman–Crippen LogP) is 2.22. The number of carboxylic acids is 1. The van der Waals surface area contributed by atoms with Gasteiger partial charge >= 0.3 is 5.97 Å². The molecule has 0 aromatic carbocycles. The van der Waals surface area contributed by atoms with Gasteiger partial charge in [0.1, 0.15) is 11.4 Å². The molecule has 90 valence electrons. The number of nitrogens with one attached hydrogen (secondary N) is 1. The molecule has 17 heavy (non-hydrogen) atoms. The Bertz CT molecular complexity index is 475. The Labute approximate surface area is 101 Å². The van der Waals surface area contributed by atoms with Crippen LogP contribution in [0.1, 0.15) is 35.0 Å². The molecule has 2 N–H and O–H groups in total. The van der Waals surface area contributed by atoms with Gasteiger partial charge in [0, 0.05) is 18.2 Å². The molecule has 4 heteroatoms. The summed E-state index contributed by atoms with van der Waals surface area (Å²) in [5, 5.41) is 12.2. The molecule has 1 aromatic heterocycles. The van der Waals surface area contributed by atoms with E-state index in [2.05, 4.69) is 16.2 Å². The first kappa shape index (κ1) is 13.0. The summed E-state index contributed by atoms with van der Waals surface area (Å²) < 4.78 is 0. The highest BCUT2D eigenvalue weighted by atomic mass is 16.4. The lowest BCUT2D eigenvalue weighted by atomic mass is 10.1. The minimum Gasteiger partial charge on any atom is -0.478 e. The maximum absolute atomic E-state index is 11.2. The summed E-state index contributed by atoms with van der Waals surface area (Å²) in [4.78, 5) is 15.4. The van der Waals surface area contributed by atoms with Crippen molar-refractivity contribution in [1.82, 2.24) is 4.98 Å². The number of aromatic carboxylic acids is 1. The van der Waals surface area contributed by atoms with Crippen molar-refractivity contribution in [1.29, 1.82) is 0 Å². The first-order valence-electron chi connectivity index (χ1n) is 5.37. The zero-order chi connectivity index (χ0) is 13.0. The minimum absolute atomic E-state index is 0.00759. The molecule has 1 atom stereocenters. The third-order valence-corrected chi connectivity index (χ3v) is 2.37. The highest BCUT2D eigenvalue weighted by Gasteiger charge is 2.16. The number of aryl methyl sites for hydroxylation is 2. The third-order valence-electron chi connectivity index (χ3n) is 2.37. The van der Waals surface area contributed by atoms with E-state index in [1.807, 2.05) is 13.8 Å². The molecule has 1 aromatic rings. The van der Waals surface area contributed by atoms with Crippen LogP contribution >= 0.6 is 0 Å². The zero-order valence-electron chi connectivity index (χ0n) is 10.2. The molecule has 0 bridgehead atoms. The highest BCUT2D eigenvalue weighted by molar-refractivity contribution is 5.94. The molecular weight excluding hydrogens is 216 g/mol. The van der Waals surface area contributed by atoms with Crippen LogP contribution in [0.5, 0.6) is 0 Å². The first-order valence-corrected chi connectivity index (χ1v) is 5.37. The Morgan fingerprint density at radius 3 is 2.82 bits per heavy atom. The number of terminal acetylenes is 1. The van der Waals surface area contributed by atoms with Gasteiger partial charge in [-0.15, -0.1) is 12.3 Å². The lowest BCUT2D eigenvalue weighted by Crippen LogP contribution is -2.19. The Balaban J connectivity index is 3.13. The Kier molecular flexibility index (Phi) is 4.11. The molecule has 0 amide bonds. The van der Waals surface area contributed by atoms with Crippen LogP contribution in [0.3, 0.4) is 0 Å². The predicted molar refractivity (Wildman–Crippen MR) is 67.2 cm³/mol. The summed E-state index contributed by atoms with van der Waals surface area (Å²) in [6.45, 7) is 5.48. The van der Waals surface area contributed by atoms with Crippen LogP contribution in [0, 0.1) is 26.2 Å². The van der Waals surface area contributed by atoms with Crippen LogP contribution in [0.25, 0.3) is 0 Å². The van der Waals surface area contributed by atoms with Gasteiger partial charge in [-0.05, 0) is 32.4 Å². The van der Waals surface area contributed by atoms with Crippen molar-refractivity contribution in [2.24, 2.45) is 0 Å². The van der Waals surface area contributed by atoms with Crippen LogP contribution < -0.4 is 5.32 Å². The highest BCUT2D eigenvalue weighted by Crippen LogP contribution is 2.19. The second-order valence-corrected chi connectivity index (χ2v) is 4.06. The molecule has 0 saturated heterocycles. The quantitative estimate of drug-likeness (QED) is 0.781. The molecular formula is C13H16N2O2. The Morgan fingerprint density at radius 2 is 2.29 bits per heavy atom. The van der Waals surface area contributed by atoms with E-state index in [1.54, 1.807) is 13.0 Å². The molecule has 0 spiro atoms. The van der Waals surface area contributed by atoms with Crippen LogP contribution in [-0.2, 0) is 0 Å². The van der Waals surface area contributed by atoms with Gasteiger partial charge < -0.3 is 10.4 Å². The molecule has 1 rings (SSSR count). The van der Waals surface area contributed by atoms with E-state index in [9.17, 15) is 4.79 Å². The standard InChI is InChI=1S/C13H16N2O2/c1-5-6-9(3)14-12-11(13(16)17)8(2)7-10(4)15-12/h1,7,9H,6H2,2-4H3,(H,14,15)(H,16,17). The van der Waals surface area contributed by atoms with Gasteiger partial charge in [-0.3, -0.25) is 0 Å². The molecule has 0 radical (unpaired) electrons. The summed E-state index contributed by atoms with van der Waals surface area (Å²) >= 11 is 0.